The molecule has 0 amide bonds. The molecule has 1 fully saturated rings. The number of halogens is 3. The first kappa shape index (κ1) is 32.8. The van der Waals surface area contributed by atoms with Crippen molar-refractivity contribution >= 4 is 5.78 Å². The monoisotopic (exact) mass is 640 g/mol. The fourth-order valence-corrected chi connectivity index (χ4v) is 8.65. The molecule has 3 aromatic carbocycles. The second kappa shape index (κ2) is 11.5. The van der Waals surface area contributed by atoms with Crippen LogP contribution >= 0.6 is 0 Å². The quantitative estimate of drug-likeness (QED) is 0.147. The fraction of sp³-hybridized carbons (Fsp3) is 0.385. The van der Waals surface area contributed by atoms with E-state index in [0.29, 0.717) is 6.42 Å². The Kier molecular flexibility index (Phi) is 8.02. The van der Waals surface area contributed by atoms with Crippen LogP contribution < -0.4 is 5.43 Å². The first-order chi connectivity index (χ1) is 22.2. The van der Waals surface area contributed by atoms with Crippen molar-refractivity contribution in [1.29, 1.82) is 0 Å². The fourth-order valence-electron chi connectivity index (χ4n) is 8.65. The van der Waals surface area contributed by atoms with Crippen LogP contribution in [-0.2, 0) is 23.1 Å². The summed E-state index contributed by atoms with van der Waals surface area (Å²) in [5, 5.41) is 6.18. The summed E-state index contributed by atoms with van der Waals surface area (Å²) >= 11 is 0. The number of carbonyl (C=O) groups excluding carboxylic acids is 1. The number of nitrogens with zero attached hydrogens (tertiary/aromatic N) is 3. The highest BCUT2D eigenvalue weighted by molar-refractivity contribution is 5.94. The van der Waals surface area contributed by atoms with Crippen LogP contribution in [0.1, 0.15) is 81.8 Å². The van der Waals surface area contributed by atoms with Gasteiger partial charge in [0.05, 0.1) is 0 Å². The van der Waals surface area contributed by atoms with Crippen LogP contribution in [-0.4, -0.2) is 27.6 Å². The lowest BCUT2D eigenvalue weighted by atomic mass is 9.77. The summed E-state index contributed by atoms with van der Waals surface area (Å²) in [4.78, 5) is 13.0. The summed E-state index contributed by atoms with van der Waals surface area (Å²) < 4.78 is 46.1. The van der Waals surface area contributed by atoms with E-state index in [2.05, 4.69) is 38.2 Å². The number of hydrazine groups is 1. The number of aromatic nitrogens is 2. The average molecular weight is 641 g/mol. The highest BCUT2D eigenvalue weighted by atomic mass is 19.4. The maximum absolute atomic E-state index is 14.9. The number of hydrogen-bond acceptors (Lipinski definition) is 4. The van der Waals surface area contributed by atoms with Crippen molar-refractivity contribution in [3.63, 3.8) is 0 Å². The Balaban J connectivity index is 1.48. The van der Waals surface area contributed by atoms with Crippen molar-refractivity contribution in [2.24, 2.45) is 16.2 Å². The molecule has 1 heterocycles. The van der Waals surface area contributed by atoms with E-state index in [1.807, 2.05) is 103 Å². The van der Waals surface area contributed by atoms with Gasteiger partial charge in [-0.15, -0.1) is 0 Å². The Hall–Kier alpha value is -4.17. The number of carbonyl (C=O) groups is 1. The Morgan fingerprint density at radius 3 is 1.81 bits per heavy atom. The predicted octanol–water partition coefficient (Wildman–Crippen LogP) is 8.76. The summed E-state index contributed by atoms with van der Waals surface area (Å²) in [5.74, 6) is 0.00370. The topological polar surface area (TPSA) is 50.2 Å². The molecule has 47 heavy (non-hydrogen) atoms. The van der Waals surface area contributed by atoms with Gasteiger partial charge in [0.1, 0.15) is 5.54 Å². The zero-order chi connectivity index (χ0) is 33.8. The highest BCUT2D eigenvalue weighted by Crippen LogP contribution is 2.83. The molecular formula is C39H43F3N4O. The van der Waals surface area contributed by atoms with E-state index < -0.39 is 17.4 Å². The number of hydrogen-bond donors (Lipinski definition) is 1. The lowest BCUT2D eigenvalue weighted by Crippen LogP contribution is -2.39. The molecule has 1 aromatic heterocycles. The first-order valence-corrected chi connectivity index (χ1v) is 16.3. The van der Waals surface area contributed by atoms with E-state index in [4.69, 9.17) is 0 Å². The molecule has 1 saturated carbocycles. The molecule has 4 aromatic rings. The number of ketones is 1. The molecule has 246 valence electrons. The number of alkyl halides is 3. The standard InChI is InChI=1S/C39H43F3N4O/c1-27(47)32-23-16-24-36(4)35(2,3)37(36,5)34(32)45(6)43-25-28-26-46(44-33(28)39(40,41)42)38(29-17-10-7-11-18-29,30-19-12-8-13-20-30)31-21-14-9-15-22-31/h7-15,17-22,26,43H,16,23-25H2,1-6H3/t36?,37-/m0/s1. The summed E-state index contributed by atoms with van der Waals surface area (Å²) in [6.45, 7) is 10.4. The molecule has 2 aliphatic rings. The van der Waals surface area contributed by atoms with Crippen LogP contribution in [0.15, 0.2) is 108 Å². The van der Waals surface area contributed by atoms with Gasteiger partial charge >= 0.3 is 6.18 Å². The summed E-state index contributed by atoms with van der Waals surface area (Å²) in [6, 6.07) is 28.6. The molecule has 0 bridgehead atoms. The maximum atomic E-state index is 14.9. The molecule has 1 unspecified atom stereocenters. The molecule has 2 atom stereocenters. The Bertz CT molecular complexity index is 1700. The molecule has 0 spiro atoms. The average Bonchev–Trinajstić information content (AvgIpc) is 3.28. The minimum atomic E-state index is -4.70. The Labute approximate surface area is 275 Å². The second-order valence-electron chi connectivity index (χ2n) is 14.0. The van der Waals surface area contributed by atoms with Crippen LogP contribution in [0.4, 0.5) is 13.2 Å². The van der Waals surface area contributed by atoms with Gasteiger partial charge in [0.2, 0.25) is 0 Å². The van der Waals surface area contributed by atoms with Gasteiger partial charge < -0.3 is 5.01 Å². The largest absolute Gasteiger partial charge is 0.435 e. The molecule has 5 nitrogen and oxygen atoms in total. The number of benzene rings is 3. The third-order valence-corrected chi connectivity index (χ3v) is 11.8. The van der Waals surface area contributed by atoms with Crippen molar-refractivity contribution in [3.8, 4) is 0 Å². The minimum Gasteiger partial charge on any atom is -0.314 e. The van der Waals surface area contributed by atoms with Gasteiger partial charge in [-0.3, -0.25) is 9.48 Å². The van der Waals surface area contributed by atoms with E-state index >= 15 is 0 Å². The van der Waals surface area contributed by atoms with E-state index in [1.54, 1.807) is 6.92 Å². The summed E-state index contributed by atoms with van der Waals surface area (Å²) in [5.41, 5.74) is 4.69. The zero-order valence-corrected chi connectivity index (χ0v) is 27.9. The van der Waals surface area contributed by atoms with E-state index in [9.17, 15) is 18.0 Å². The Morgan fingerprint density at radius 2 is 1.36 bits per heavy atom. The zero-order valence-electron chi connectivity index (χ0n) is 27.9. The summed E-state index contributed by atoms with van der Waals surface area (Å²) in [7, 11) is 1.82. The third-order valence-electron chi connectivity index (χ3n) is 11.8. The number of nitrogens with one attached hydrogen (secondary N) is 1. The van der Waals surface area contributed by atoms with E-state index in [-0.39, 0.29) is 34.1 Å². The number of rotatable bonds is 9. The van der Waals surface area contributed by atoms with Crippen LogP contribution in [0, 0.1) is 16.2 Å². The van der Waals surface area contributed by atoms with Gasteiger partial charge in [-0.05, 0) is 53.7 Å². The molecule has 0 saturated heterocycles. The van der Waals surface area contributed by atoms with Gasteiger partial charge in [-0.2, -0.15) is 18.3 Å². The minimum absolute atomic E-state index is 0.00370. The van der Waals surface area contributed by atoms with Crippen molar-refractivity contribution < 1.29 is 18.0 Å². The molecule has 1 N–H and O–H groups in total. The number of allylic oxidation sites excluding steroid dienone is 2. The first-order valence-electron chi connectivity index (χ1n) is 16.3. The maximum Gasteiger partial charge on any atom is 0.435 e. The molecular weight excluding hydrogens is 597 g/mol. The number of Topliss-reactive ketones (excluding diaryl/α,β-unsaturated/α-hetero) is 1. The van der Waals surface area contributed by atoms with Gasteiger partial charge in [0.25, 0.3) is 0 Å². The molecule has 2 aliphatic carbocycles. The Morgan fingerprint density at radius 1 is 0.872 bits per heavy atom. The second-order valence-corrected chi connectivity index (χ2v) is 14.0. The van der Waals surface area contributed by atoms with Crippen molar-refractivity contribution in [2.75, 3.05) is 7.05 Å². The molecule has 8 heteroatoms. The van der Waals surface area contributed by atoms with Crippen molar-refractivity contribution in [1.82, 2.24) is 20.2 Å². The number of fused-ring (bicyclic) bond motifs is 1. The molecule has 0 radical (unpaired) electrons. The van der Waals surface area contributed by atoms with Gasteiger partial charge in [-0.25, -0.2) is 5.43 Å². The SMILES string of the molecule is CC(=O)C1=C(N(C)NCc2cn(C(c3ccccc3)(c3ccccc3)c3ccccc3)nc2C(F)(F)F)[C@@]2(C)C(C)(C)C2(C)CCC1. The van der Waals surface area contributed by atoms with Crippen molar-refractivity contribution in [3.05, 3.63) is 136 Å². The smallest absolute Gasteiger partial charge is 0.314 e. The van der Waals surface area contributed by atoms with Crippen LogP contribution in [0.2, 0.25) is 0 Å². The third kappa shape index (κ3) is 4.86. The van der Waals surface area contributed by atoms with E-state index in [1.165, 1.54) is 10.9 Å². The highest BCUT2D eigenvalue weighted by Gasteiger charge is 2.79. The van der Waals surface area contributed by atoms with E-state index in [0.717, 1.165) is 40.8 Å². The van der Waals surface area contributed by atoms with Crippen molar-refractivity contribution in [2.45, 2.75) is 72.1 Å². The predicted molar refractivity (Wildman–Crippen MR) is 178 cm³/mol. The van der Waals surface area contributed by atoms with Gasteiger partial charge in [0, 0.05) is 42.0 Å². The lowest BCUT2D eigenvalue weighted by Gasteiger charge is -2.36. The lowest BCUT2D eigenvalue weighted by molar-refractivity contribution is -0.142. The summed E-state index contributed by atoms with van der Waals surface area (Å²) in [6.07, 6.45) is -0.649. The molecule has 6 rings (SSSR count). The van der Waals surface area contributed by atoms with Crippen LogP contribution in [0.25, 0.3) is 0 Å². The van der Waals surface area contributed by atoms with Gasteiger partial charge in [-0.1, -0.05) is 119 Å². The molecule has 0 aliphatic heterocycles. The normalized spacial score (nSPS) is 22.4. The van der Waals surface area contributed by atoms with Gasteiger partial charge in [0.15, 0.2) is 11.5 Å². The van der Waals surface area contributed by atoms with Crippen LogP contribution in [0.5, 0.6) is 0 Å². The van der Waals surface area contributed by atoms with Crippen LogP contribution in [0.3, 0.4) is 0 Å².